The van der Waals surface area contributed by atoms with Gasteiger partial charge in [0.15, 0.2) is 5.76 Å². The predicted molar refractivity (Wildman–Crippen MR) is 114 cm³/mol. The standard InChI is InChI=1S/C24H23NO5/c1-24(2,3)23(27)29-16-6-8-17-20(12-16)30-21(22(17)26)10-14-13-25(4)19-9-7-15(28-5)11-18(14)19/h6-13H,1-5H3. The highest BCUT2D eigenvalue weighted by atomic mass is 16.5. The summed E-state index contributed by atoms with van der Waals surface area (Å²) in [6.45, 7) is 5.34. The van der Waals surface area contributed by atoms with E-state index >= 15 is 0 Å². The Bertz CT molecular complexity index is 1210. The van der Waals surface area contributed by atoms with Crippen molar-refractivity contribution < 1.29 is 23.8 Å². The zero-order valence-corrected chi connectivity index (χ0v) is 17.6. The Hall–Kier alpha value is -3.54. The molecule has 6 heteroatoms. The van der Waals surface area contributed by atoms with Crippen molar-refractivity contribution in [2.75, 3.05) is 7.11 Å². The molecule has 154 valence electrons. The van der Waals surface area contributed by atoms with Gasteiger partial charge in [-0.2, -0.15) is 0 Å². The van der Waals surface area contributed by atoms with E-state index in [0.717, 1.165) is 22.2 Å². The monoisotopic (exact) mass is 405 g/mol. The van der Waals surface area contributed by atoms with Crippen molar-refractivity contribution in [3.05, 3.63) is 59.5 Å². The Labute approximate surface area is 174 Å². The smallest absolute Gasteiger partial charge is 0.316 e. The van der Waals surface area contributed by atoms with Crippen LogP contribution in [0.15, 0.2) is 48.4 Å². The lowest BCUT2D eigenvalue weighted by Gasteiger charge is -2.16. The maximum Gasteiger partial charge on any atom is 0.316 e. The van der Waals surface area contributed by atoms with Crippen LogP contribution in [0.4, 0.5) is 0 Å². The van der Waals surface area contributed by atoms with Gasteiger partial charge in [0, 0.05) is 35.8 Å². The lowest BCUT2D eigenvalue weighted by Crippen LogP contribution is -2.25. The van der Waals surface area contributed by atoms with Gasteiger partial charge in [0.1, 0.15) is 17.2 Å². The van der Waals surface area contributed by atoms with Gasteiger partial charge in [-0.05, 0) is 57.2 Å². The number of benzene rings is 2. The second kappa shape index (κ2) is 7.06. The first-order chi connectivity index (χ1) is 14.2. The molecule has 6 nitrogen and oxygen atoms in total. The van der Waals surface area contributed by atoms with Crippen molar-refractivity contribution in [1.29, 1.82) is 0 Å². The highest BCUT2D eigenvalue weighted by Gasteiger charge is 2.29. The fourth-order valence-electron chi connectivity index (χ4n) is 3.28. The van der Waals surface area contributed by atoms with E-state index in [9.17, 15) is 9.59 Å². The molecule has 0 atom stereocenters. The number of hydrogen-bond donors (Lipinski definition) is 0. The van der Waals surface area contributed by atoms with Gasteiger partial charge in [-0.15, -0.1) is 0 Å². The number of nitrogens with zero attached hydrogens (tertiary/aromatic N) is 1. The molecule has 4 rings (SSSR count). The minimum atomic E-state index is -0.629. The van der Waals surface area contributed by atoms with E-state index in [1.54, 1.807) is 52.2 Å². The van der Waals surface area contributed by atoms with Crippen LogP contribution in [-0.2, 0) is 11.8 Å². The third-order valence-corrected chi connectivity index (χ3v) is 4.98. The highest BCUT2D eigenvalue weighted by molar-refractivity contribution is 6.15. The number of ketones is 1. The van der Waals surface area contributed by atoms with Crippen molar-refractivity contribution in [1.82, 2.24) is 4.57 Å². The first-order valence-electron chi connectivity index (χ1n) is 9.61. The minimum absolute atomic E-state index is 0.210. The predicted octanol–water partition coefficient (Wildman–Crippen LogP) is 4.75. The first-order valence-corrected chi connectivity index (χ1v) is 9.61. The molecule has 0 bridgehead atoms. The van der Waals surface area contributed by atoms with Crippen LogP contribution in [-0.4, -0.2) is 23.4 Å². The molecule has 0 fully saturated rings. The zero-order chi connectivity index (χ0) is 21.6. The molecule has 0 amide bonds. The molecule has 0 saturated heterocycles. The number of methoxy groups -OCH3 is 1. The van der Waals surface area contributed by atoms with Crippen LogP contribution in [0.1, 0.15) is 36.7 Å². The SMILES string of the molecule is COc1ccc2c(c1)c(C=C1Oc3cc(OC(=O)C(C)(C)C)ccc3C1=O)cn2C. The molecule has 2 heterocycles. The summed E-state index contributed by atoms with van der Waals surface area (Å²) in [7, 11) is 3.56. The number of hydrogen-bond acceptors (Lipinski definition) is 5. The fraction of sp³-hybridized carbons (Fsp3) is 0.250. The second-order valence-electron chi connectivity index (χ2n) is 8.32. The van der Waals surface area contributed by atoms with Crippen LogP contribution in [0.3, 0.4) is 0 Å². The summed E-state index contributed by atoms with van der Waals surface area (Å²) in [5.41, 5.74) is 1.68. The van der Waals surface area contributed by atoms with Crippen LogP contribution < -0.4 is 14.2 Å². The summed E-state index contributed by atoms with van der Waals surface area (Å²) in [5.74, 6) is 1.12. The van der Waals surface area contributed by atoms with Gasteiger partial charge in [-0.25, -0.2) is 0 Å². The highest BCUT2D eigenvalue weighted by Crippen LogP contribution is 2.36. The van der Waals surface area contributed by atoms with Gasteiger partial charge in [0.25, 0.3) is 0 Å². The van der Waals surface area contributed by atoms with Gasteiger partial charge in [-0.3, -0.25) is 9.59 Å². The van der Waals surface area contributed by atoms with E-state index in [1.807, 2.05) is 36.0 Å². The molecule has 1 aliphatic rings. The molecule has 0 unspecified atom stereocenters. The van der Waals surface area contributed by atoms with Gasteiger partial charge < -0.3 is 18.8 Å². The van der Waals surface area contributed by atoms with Crippen molar-refractivity contribution in [3.63, 3.8) is 0 Å². The number of rotatable bonds is 3. The van der Waals surface area contributed by atoms with Crippen molar-refractivity contribution in [2.45, 2.75) is 20.8 Å². The van der Waals surface area contributed by atoms with Crippen LogP contribution in [0.2, 0.25) is 0 Å². The average Bonchev–Trinajstić information content (AvgIpc) is 3.17. The van der Waals surface area contributed by atoms with E-state index < -0.39 is 5.41 Å². The Balaban J connectivity index is 1.67. The Kier molecular flexibility index (Phi) is 4.65. The Morgan fingerprint density at radius 2 is 1.83 bits per heavy atom. The lowest BCUT2D eigenvalue weighted by molar-refractivity contribution is -0.143. The molecular formula is C24H23NO5. The van der Waals surface area contributed by atoms with Crippen LogP contribution in [0.5, 0.6) is 17.2 Å². The number of carbonyl (C=O) groups excluding carboxylic acids is 2. The van der Waals surface area contributed by atoms with Crippen LogP contribution in [0, 0.1) is 5.41 Å². The molecule has 30 heavy (non-hydrogen) atoms. The summed E-state index contributed by atoms with van der Waals surface area (Å²) in [5, 5.41) is 0.955. The normalized spacial score (nSPS) is 14.7. The Morgan fingerprint density at radius 1 is 1.10 bits per heavy atom. The zero-order valence-electron chi connectivity index (χ0n) is 17.6. The average molecular weight is 405 g/mol. The number of aromatic nitrogens is 1. The van der Waals surface area contributed by atoms with Gasteiger partial charge in [0.05, 0.1) is 18.1 Å². The summed E-state index contributed by atoms with van der Waals surface area (Å²) in [6, 6.07) is 10.6. The lowest BCUT2D eigenvalue weighted by atomic mass is 9.97. The molecule has 1 aromatic heterocycles. The number of esters is 1. The number of fused-ring (bicyclic) bond motifs is 2. The largest absolute Gasteiger partial charge is 0.497 e. The molecule has 0 saturated carbocycles. The quantitative estimate of drug-likeness (QED) is 0.357. The molecule has 0 aliphatic carbocycles. The topological polar surface area (TPSA) is 66.8 Å². The van der Waals surface area contributed by atoms with Crippen molar-refractivity contribution >= 4 is 28.7 Å². The van der Waals surface area contributed by atoms with E-state index in [2.05, 4.69) is 0 Å². The van der Waals surface area contributed by atoms with E-state index in [0.29, 0.717) is 17.1 Å². The second-order valence-corrected chi connectivity index (χ2v) is 8.32. The number of carbonyl (C=O) groups is 2. The van der Waals surface area contributed by atoms with Crippen molar-refractivity contribution in [3.8, 4) is 17.2 Å². The van der Waals surface area contributed by atoms with Crippen LogP contribution >= 0.6 is 0 Å². The number of Topliss-reactive ketones (excluding diaryl/α,β-unsaturated/α-hetero) is 1. The molecule has 1 aliphatic heterocycles. The molecule has 2 aromatic carbocycles. The van der Waals surface area contributed by atoms with Crippen molar-refractivity contribution in [2.24, 2.45) is 12.5 Å². The first kappa shape index (κ1) is 19.8. The molecule has 3 aromatic rings. The number of allylic oxidation sites excluding steroid dienone is 1. The summed E-state index contributed by atoms with van der Waals surface area (Å²) >= 11 is 0. The third-order valence-electron chi connectivity index (χ3n) is 4.98. The maximum absolute atomic E-state index is 12.8. The Morgan fingerprint density at radius 3 is 2.53 bits per heavy atom. The molecular weight excluding hydrogens is 382 g/mol. The van der Waals surface area contributed by atoms with Gasteiger partial charge in [-0.1, -0.05) is 0 Å². The van der Waals surface area contributed by atoms with E-state index in [4.69, 9.17) is 14.2 Å². The fourth-order valence-corrected chi connectivity index (χ4v) is 3.28. The van der Waals surface area contributed by atoms with Gasteiger partial charge >= 0.3 is 5.97 Å². The maximum atomic E-state index is 12.8. The molecule has 0 radical (unpaired) electrons. The third kappa shape index (κ3) is 3.45. The summed E-state index contributed by atoms with van der Waals surface area (Å²) in [4.78, 5) is 25.0. The minimum Gasteiger partial charge on any atom is -0.497 e. The number of aryl methyl sites for hydroxylation is 1. The van der Waals surface area contributed by atoms with E-state index in [1.165, 1.54) is 0 Å². The summed E-state index contributed by atoms with van der Waals surface area (Å²) in [6.07, 6.45) is 3.66. The van der Waals surface area contributed by atoms with Gasteiger partial charge in [0.2, 0.25) is 5.78 Å². The molecule has 0 N–H and O–H groups in total. The molecule has 0 spiro atoms. The van der Waals surface area contributed by atoms with Crippen LogP contribution in [0.25, 0.3) is 17.0 Å². The van der Waals surface area contributed by atoms with E-state index in [-0.39, 0.29) is 17.5 Å². The summed E-state index contributed by atoms with van der Waals surface area (Å²) < 4.78 is 18.5. The number of ether oxygens (including phenoxy) is 3.